The fourth-order valence-electron chi connectivity index (χ4n) is 2.81. The summed E-state index contributed by atoms with van der Waals surface area (Å²) in [5.74, 6) is -0.943. The second-order valence-corrected chi connectivity index (χ2v) is 5.91. The van der Waals surface area contributed by atoms with Crippen molar-refractivity contribution in [2.75, 3.05) is 0 Å². The number of hydrogen-bond donors (Lipinski definition) is 1. The Hall–Kier alpha value is -2.34. The van der Waals surface area contributed by atoms with Gasteiger partial charge in [0.15, 0.2) is 0 Å². The quantitative estimate of drug-likeness (QED) is 0.854. The minimum atomic E-state index is -0.616. The normalized spacial score (nSPS) is 13.7. The minimum Gasteiger partial charge on any atom is -0.860 e. The van der Waals surface area contributed by atoms with E-state index in [9.17, 15) is 14.7 Å². The lowest BCUT2D eigenvalue weighted by molar-refractivity contribution is -0.281. The smallest absolute Gasteiger partial charge is 0.329 e. The van der Waals surface area contributed by atoms with Gasteiger partial charge in [-0.2, -0.15) is 0 Å². The van der Waals surface area contributed by atoms with Gasteiger partial charge in [0.25, 0.3) is 5.56 Å². The SMILES string of the molecule is CC(N)C(CCc1ccccc1)c1c([O-])n(C)c(=O)n(C)c1=O. The van der Waals surface area contributed by atoms with Crippen molar-refractivity contribution in [2.45, 2.75) is 31.7 Å². The van der Waals surface area contributed by atoms with Crippen LogP contribution in [0.2, 0.25) is 0 Å². The Labute approximate surface area is 134 Å². The van der Waals surface area contributed by atoms with Crippen molar-refractivity contribution in [2.24, 2.45) is 19.8 Å². The fraction of sp³-hybridized carbons (Fsp3) is 0.412. The first-order valence-corrected chi connectivity index (χ1v) is 7.61. The van der Waals surface area contributed by atoms with Gasteiger partial charge in [-0.1, -0.05) is 30.3 Å². The lowest BCUT2D eigenvalue weighted by Gasteiger charge is -2.27. The highest BCUT2D eigenvalue weighted by Crippen LogP contribution is 2.26. The van der Waals surface area contributed by atoms with Gasteiger partial charge in [-0.25, -0.2) is 4.79 Å². The van der Waals surface area contributed by atoms with Gasteiger partial charge in [-0.15, -0.1) is 0 Å². The molecule has 0 aliphatic heterocycles. The first kappa shape index (κ1) is 17.0. The second kappa shape index (κ2) is 6.83. The zero-order valence-electron chi connectivity index (χ0n) is 13.7. The summed E-state index contributed by atoms with van der Waals surface area (Å²) >= 11 is 0. The lowest BCUT2D eigenvalue weighted by Crippen LogP contribution is -2.43. The first-order valence-electron chi connectivity index (χ1n) is 7.61. The van der Waals surface area contributed by atoms with Crippen molar-refractivity contribution in [3.05, 3.63) is 62.3 Å². The highest BCUT2D eigenvalue weighted by atomic mass is 16.3. The standard InChI is InChI=1S/C17H23N3O3/c1-11(18)13(10-9-12-7-5-4-6-8-12)14-15(21)19(2)17(23)20(3)16(14)22/h4-8,11,13,21H,9-10,18H2,1-3H3/p-1. The number of aromatic nitrogens is 2. The van der Waals surface area contributed by atoms with Crippen molar-refractivity contribution < 1.29 is 5.11 Å². The van der Waals surface area contributed by atoms with Crippen molar-refractivity contribution in [3.8, 4) is 5.88 Å². The van der Waals surface area contributed by atoms with Gasteiger partial charge in [0.2, 0.25) is 0 Å². The molecule has 6 heteroatoms. The van der Waals surface area contributed by atoms with Gasteiger partial charge < -0.3 is 15.4 Å². The monoisotopic (exact) mass is 316 g/mol. The van der Waals surface area contributed by atoms with Crippen molar-refractivity contribution in [1.82, 2.24) is 9.13 Å². The van der Waals surface area contributed by atoms with E-state index in [0.717, 1.165) is 14.7 Å². The number of benzene rings is 1. The summed E-state index contributed by atoms with van der Waals surface area (Å²) in [5, 5.41) is 12.4. The van der Waals surface area contributed by atoms with E-state index < -0.39 is 23.0 Å². The van der Waals surface area contributed by atoms with E-state index in [1.165, 1.54) is 14.1 Å². The molecular weight excluding hydrogens is 294 g/mol. The van der Waals surface area contributed by atoms with E-state index in [0.29, 0.717) is 12.8 Å². The highest BCUT2D eigenvalue weighted by Gasteiger charge is 2.23. The molecule has 0 radical (unpaired) electrons. The van der Waals surface area contributed by atoms with E-state index in [2.05, 4.69) is 0 Å². The maximum Gasteiger partial charge on any atom is 0.329 e. The van der Waals surface area contributed by atoms with E-state index in [4.69, 9.17) is 5.73 Å². The Morgan fingerprint density at radius 2 is 1.74 bits per heavy atom. The summed E-state index contributed by atoms with van der Waals surface area (Å²) in [4.78, 5) is 24.2. The zero-order valence-corrected chi connectivity index (χ0v) is 13.7. The molecule has 2 N–H and O–H groups in total. The van der Waals surface area contributed by atoms with Crippen LogP contribution >= 0.6 is 0 Å². The van der Waals surface area contributed by atoms with Crippen LogP contribution in [0.15, 0.2) is 39.9 Å². The van der Waals surface area contributed by atoms with E-state index in [1.54, 1.807) is 6.92 Å². The Balaban J connectivity index is 2.43. The molecule has 0 amide bonds. The molecule has 0 aliphatic rings. The third-order valence-corrected chi connectivity index (χ3v) is 4.24. The van der Waals surface area contributed by atoms with Gasteiger partial charge in [0.1, 0.15) is 0 Å². The van der Waals surface area contributed by atoms with Crippen LogP contribution in [0.25, 0.3) is 0 Å². The van der Waals surface area contributed by atoms with Crippen LogP contribution in [0, 0.1) is 0 Å². The molecule has 0 fully saturated rings. The summed E-state index contributed by atoms with van der Waals surface area (Å²) in [5.41, 5.74) is 6.09. The van der Waals surface area contributed by atoms with Crippen molar-refractivity contribution >= 4 is 0 Å². The van der Waals surface area contributed by atoms with Gasteiger partial charge in [0.05, 0.1) is 0 Å². The van der Waals surface area contributed by atoms with E-state index in [1.807, 2.05) is 30.3 Å². The Bertz CT molecular complexity index is 791. The Morgan fingerprint density at radius 3 is 2.30 bits per heavy atom. The predicted octanol–water partition coefficient (Wildman–Crippen LogP) is 0.221. The van der Waals surface area contributed by atoms with Crippen LogP contribution in [-0.2, 0) is 20.5 Å². The number of nitrogens with two attached hydrogens (primary N) is 1. The third-order valence-electron chi connectivity index (χ3n) is 4.24. The molecule has 23 heavy (non-hydrogen) atoms. The maximum atomic E-state index is 12.4. The van der Waals surface area contributed by atoms with Crippen LogP contribution in [0.3, 0.4) is 0 Å². The molecule has 2 rings (SSSR count). The molecule has 0 spiro atoms. The average molecular weight is 316 g/mol. The summed E-state index contributed by atoms with van der Waals surface area (Å²) < 4.78 is 1.93. The number of nitrogens with zero attached hydrogens (tertiary/aromatic N) is 2. The van der Waals surface area contributed by atoms with Crippen LogP contribution in [0.1, 0.15) is 30.4 Å². The van der Waals surface area contributed by atoms with Crippen LogP contribution in [0.5, 0.6) is 5.88 Å². The zero-order chi connectivity index (χ0) is 17.1. The molecule has 6 nitrogen and oxygen atoms in total. The molecule has 124 valence electrons. The third kappa shape index (κ3) is 3.37. The van der Waals surface area contributed by atoms with Crippen LogP contribution < -0.4 is 22.1 Å². The molecule has 2 aromatic rings. The van der Waals surface area contributed by atoms with Gasteiger partial charge >= 0.3 is 5.69 Å². The number of rotatable bonds is 5. The first-order chi connectivity index (χ1) is 10.8. The van der Waals surface area contributed by atoms with Gasteiger partial charge in [-0.3, -0.25) is 9.36 Å². The van der Waals surface area contributed by atoms with Crippen molar-refractivity contribution in [3.63, 3.8) is 0 Å². The molecular formula is C17H22N3O3-. The molecule has 1 heterocycles. The predicted molar refractivity (Wildman–Crippen MR) is 87.5 cm³/mol. The molecule has 0 aliphatic carbocycles. The second-order valence-electron chi connectivity index (χ2n) is 5.91. The minimum absolute atomic E-state index is 0.0977. The van der Waals surface area contributed by atoms with Gasteiger partial charge in [-0.05, 0) is 31.2 Å². The summed E-state index contributed by atoms with van der Waals surface area (Å²) in [6.07, 6.45) is 1.28. The summed E-state index contributed by atoms with van der Waals surface area (Å²) in [6.45, 7) is 1.78. The highest BCUT2D eigenvalue weighted by molar-refractivity contribution is 5.28. The van der Waals surface area contributed by atoms with Crippen LogP contribution in [-0.4, -0.2) is 15.2 Å². The molecule has 0 bridgehead atoms. The number of hydrogen-bond acceptors (Lipinski definition) is 4. The lowest BCUT2D eigenvalue weighted by atomic mass is 9.88. The summed E-state index contributed by atoms with van der Waals surface area (Å²) in [6, 6.07) is 9.45. The molecule has 2 unspecified atom stereocenters. The van der Waals surface area contributed by atoms with E-state index >= 15 is 0 Å². The largest absolute Gasteiger partial charge is 0.860 e. The van der Waals surface area contributed by atoms with Crippen LogP contribution in [0.4, 0.5) is 0 Å². The molecule has 2 atom stereocenters. The molecule has 1 aromatic carbocycles. The van der Waals surface area contributed by atoms with Crippen molar-refractivity contribution in [1.29, 1.82) is 0 Å². The average Bonchev–Trinajstić information content (AvgIpc) is 2.54. The summed E-state index contributed by atoms with van der Waals surface area (Å²) in [7, 11) is 2.76. The molecule has 1 aromatic heterocycles. The maximum absolute atomic E-state index is 12.4. The fourth-order valence-corrected chi connectivity index (χ4v) is 2.81. The number of aryl methyl sites for hydroxylation is 1. The Kier molecular flexibility index (Phi) is 5.05. The topological polar surface area (TPSA) is 93.1 Å². The van der Waals surface area contributed by atoms with E-state index in [-0.39, 0.29) is 11.6 Å². The Morgan fingerprint density at radius 1 is 1.13 bits per heavy atom. The van der Waals surface area contributed by atoms with Gasteiger partial charge in [0, 0.05) is 31.6 Å². The molecule has 0 saturated carbocycles. The molecule has 0 saturated heterocycles.